The molecule has 2 aromatic carbocycles. The lowest BCUT2D eigenvalue weighted by atomic mass is 10.0. The molecular formula is C28H29FN4O2S. The van der Waals surface area contributed by atoms with Gasteiger partial charge in [0.25, 0.3) is 0 Å². The molecule has 0 saturated heterocycles. The fourth-order valence-corrected chi connectivity index (χ4v) is 5.65. The van der Waals surface area contributed by atoms with E-state index in [0.29, 0.717) is 17.4 Å². The Kier molecular flexibility index (Phi) is 6.62. The molecule has 0 aliphatic heterocycles. The average Bonchev–Trinajstić information content (AvgIpc) is 3.51. The maximum Gasteiger partial charge on any atom is 0.240 e. The second kappa shape index (κ2) is 9.85. The fraction of sp³-hybridized carbons (Fsp3) is 0.286. The number of halogens is 1. The van der Waals surface area contributed by atoms with Gasteiger partial charge >= 0.3 is 0 Å². The van der Waals surface area contributed by atoms with Gasteiger partial charge in [-0.05, 0) is 66.8 Å². The van der Waals surface area contributed by atoms with Gasteiger partial charge in [0.05, 0.1) is 22.0 Å². The molecule has 0 radical (unpaired) electrons. The molecule has 0 spiro atoms. The summed E-state index contributed by atoms with van der Waals surface area (Å²) in [5, 5.41) is 3.80. The Balaban J connectivity index is 1.26. The molecule has 2 N–H and O–H groups in total. The molecule has 1 amide bonds. The molecule has 1 fully saturated rings. The molecular weight excluding hydrogens is 475 g/mol. The van der Waals surface area contributed by atoms with E-state index in [4.69, 9.17) is 4.78 Å². The first-order valence-electron chi connectivity index (χ1n) is 12.1. The van der Waals surface area contributed by atoms with Crippen LogP contribution in [0.25, 0.3) is 22.0 Å². The van der Waals surface area contributed by atoms with Crippen molar-refractivity contribution in [1.82, 2.24) is 14.9 Å². The second-order valence-corrected chi connectivity index (χ2v) is 11.7. The average molecular weight is 505 g/mol. The molecule has 2 heterocycles. The van der Waals surface area contributed by atoms with Crippen LogP contribution >= 0.6 is 0 Å². The molecule has 1 saturated carbocycles. The number of fused-ring (bicyclic) bond motifs is 1. The quantitative estimate of drug-likeness (QED) is 0.331. The molecule has 1 aliphatic rings. The molecule has 8 heteroatoms. The van der Waals surface area contributed by atoms with Crippen molar-refractivity contribution in [3.63, 3.8) is 0 Å². The van der Waals surface area contributed by atoms with Crippen LogP contribution in [0.5, 0.6) is 0 Å². The summed E-state index contributed by atoms with van der Waals surface area (Å²) in [6.07, 6.45) is 7.71. The monoisotopic (exact) mass is 504 g/mol. The van der Waals surface area contributed by atoms with Crippen LogP contribution in [0.15, 0.2) is 71.8 Å². The van der Waals surface area contributed by atoms with Crippen molar-refractivity contribution >= 4 is 26.5 Å². The minimum Gasteiger partial charge on any atom is -0.349 e. The van der Waals surface area contributed by atoms with Crippen LogP contribution in [0.4, 0.5) is 4.39 Å². The van der Waals surface area contributed by atoms with Crippen LogP contribution in [0.2, 0.25) is 0 Å². The number of hydrogen-bond acceptors (Lipinski definition) is 4. The first-order chi connectivity index (χ1) is 17.3. The highest BCUT2D eigenvalue weighted by molar-refractivity contribution is 7.91. The zero-order chi connectivity index (χ0) is 25.3. The van der Waals surface area contributed by atoms with E-state index in [1.165, 1.54) is 31.2 Å². The van der Waals surface area contributed by atoms with Gasteiger partial charge in [0.15, 0.2) is 0 Å². The van der Waals surface area contributed by atoms with Crippen molar-refractivity contribution in [2.75, 3.05) is 6.26 Å². The Morgan fingerprint density at radius 1 is 1.08 bits per heavy atom. The summed E-state index contributed by atoms with van der Waals surface area (Å²) >= 11 is 0. The maximum absolute atomic E-state index is 13.8. The number of carbonyl (C=O) groups is 1. The molecule has 0 bridgehead atoms. The smallest absolute Gasteiger partial charge is 0.240 e. The number of hydrogen-bond donors (Lipinski definition) is 2. The standard InChI is InChI=1S/C28H29FN4O2S/c1-36(30,35)25-11-7-19(8-12-25)21-6-10-24(31-16-21)17-32-28(34)18-33-26-13-9-23(29)14-22(26)15-27(33)20-4-2-3-5-20/h6-16,20,30H,2-5,17-18H2,1H3,(H,32,34). The summed E-state index contributed by atoms with van der Waals surface area (Å²) in [4.78, 5) is 17.9. The van der Waals surface area contributed by atoms with E-state index >= 15 is 0 Å². The third-order valence-electron chi connectivity index (χ3n) is 6.90. The predicted octanol–water partition coefficient (Wildman–Crippen LogP) is 5.85. The summed E-state index contributed by atoms with van der Waals surface area (Å²) in [6, 6.07) is 17.7. The number of amides is 1. The van der Waals surface area contributed by atoms with Crippen molar-refractivity contribution < 1.29 is 13.4 Å². The minimum absolute atomic E-state index is 0.115. The van der Waals surface area contributed by atoms with Gasteiger partial charge < -0.3 is 9.88 Å². The van der Waals surface area contributed by atoms with Crippen LogP contribution in [-0.2, 0) is 27.6 Å². The van der Waals surface area contributed by atoms with Crippen LogP contribution in [0.1, 0.15) is 43.0 Å². The highest BCUT2D eigenvalue weighted by atomic mass is 32.2. The number of carbonyl (C=O) groups excluding carboxylic acids is 1. The number of nitrogens with one attached hydrogen (secondary N) is 2. The molecule has 5 rings (SSSR count). The van der Waals surface area contributed by atoms with Crippen molar-refractivity contribution in [2.24, 2.45) is 0 Å². The lowest BCUT2D eigenvalue weighted by molar-refractivity contribution is -0.121. The zero-order valence-electron chi connectivity index (χ0n) is 20.2. The Morgan fingerprint density at radius 2 is 1.81 bits per heavy atom. The van der Waals surface area contributed by atoms with E-state index in [1.54, 1.807) is 24.4 Å². The number of nitrogens with zero attached hydrogens (tertiary/aromatic N) is 2. The Hall–Kier alpha value is -3.52. The molecule has 36 heavy (non-hydrogen) atoms. The topological polar surface area (TPSA) is 87.8 Å². The summed E-state index contributed by atoms with van der Waals surface area (Å²) in [5.74, 6) is 0.0199. The largest absolute Gasteiger partial charge is 0.349 e. The van der Waals surface area contributed by atoms with E-state index in [1.807, 2.05) is 34.9 Å². The van der Waals surface area contributed by atoms with Crippen molar-refractivity contribution in [3.8, 4) is 11.1 Å². The van der Waals surface area contributed by atoms with Gasteiger partial charge in [-0.25, -0.2) is 13.4 Å². The Labute approximate surface area is 210 Å². The van der Waals surface area contributed by atoms with E-state index in [0.717, 1.165) is 46.3 Å². The third kappa shape index (κ3) is 5.18. The van der Waals surface area contributed by atoms with Gasteiger partial charge in [0, 0.05) is 39.5 Å². The third-order valence-corrected chi connectivity index (χ3v) is 8.07. The molecule has 1 atom stereocenters. The predicted molar refractivity (Wildman–Crippen MR) is 140 cm³/mol. The van der Waals surface area contributed by atoms with E-state index in [-0.39, 0.29) is 18.3 Å². The summed E-state index contributed by atoms with van der Waals surface area (Å²) in [6.45, 7) is 0.489. The number of aromatic nitrogens is 2. The molecule has 4 aromatic rings. The van der Waals surface area contributed by atoms with Gasteiger partial charge in [-0.3, -0.25) is 9.78 Å². The number of rotatable bonds is 7. The highest BCUT2D eigenvalue weighted by Gasteiger charge is 2.23. The molecule has 6 nitrogen and oxygen atoms in total. The summed E-state index contributed by atoms with van der Waals surface area (Å²) < 4.78 is 35.4. The van der Waals surface area contributed by atoms with Crippen molar-refractivity contribution in [3.05, 3.63) is 84.1 Å². The first kappa shape index (κ1) is 24.2. The summed E-state index contributed by atoms with van der Waals surface area (Å²) in [5.41, 5.74) is 4.55. The van der Waals surface area contributed by atoms with Gasteiger partial charge in [0.1, 0.15) is 12.4 Å². The summed E-state index contributed by atoms with van der Waals surface area (Å²) in [7, 11) is -2.74. The van der Waals surface area contributed by atoms with Crippen LogP contribution in [-0.4, -0.2) is 25.9 Å². The van der Waals surface area contributed by atoms with E-state index in [2.05, 4.69) is 10.3 Å². The maximum atomic E-state index is 13.8. The molecule has 1 aliphatic carbocycles. The Morgan fingerprint density at radius 3 is 2.47 bits per heavy atom. The molecule has 2 aromatic heterocycles. The van der Waals surface area contributed by atoms with Crippen molar-refractivity contribution in [1.29, 1.82) is 4.78 Å². The lowest BCUT2D eigenvalue weighted by Gasteiger charge is -2.15. The van der Waals surface area contributed by atoms with Gasteiger partial charge in [-0.15, -0.1) is 0 Å². The first-order valence-corrected chi connectivity index (χ1v) is 14.1. The zero-order valence-corrected chi connectivity index (χ0v) is 21.0. The normalized spacial score (nSPS) is 15.7. The fourth-order valence-electron chi connectivity index (χ4n) is 4.99. The van der Waals surface area contributed by atoms with Crippen molar-refractivity contribution in [2.45, 2.75) is 49.6 Å². The highest BCUT2D eigenvalue weighted by Crippen LogP contribution is 2.37. The molecule has 186 valence electrons. The van der Waals surface area contributed by atoms with Gasteiger partial charge in [0.2, 0.25) is 5.91 Å². The van der Waals surface area contributed by atoms with Crippen LogP contribution in [0, 0.1) is 10.6 Å². The van der Waals surface area contributed by atoms with Gasteiger partial charge in [-0.2, -0.15) is 0 Å². The van der Waals surface area contributed by atoms with Gasteiger partial charge in [-0.1, -0.05) is 31.0 Å². The van der Waals surface area contributed by atoms with Crippen LogP contribution < -0.4 is 5.32 Å². The minimum atomic E-state index is -2.74. The number of benzene rings is 2. The Bertz CT molecular complexity index is 1500. The van der Waals surface area contributed by atoms with E-state index < -0.39 is 9.73 Å². The number of pyridine rings is 1. The lowest BCUT2D eigenvalue weighted by Crippen LogP contribution is -2.28. The second-order valence-electron chi connectivity index (χ2n) is 9.52. The molecule has 1 unspecified atom stereocenters. The van der Waals surface area contributed by atoms with Crippen LogP contribution in [0.3, 0.4) is 0 Å². The van der Waals surface area contributed by atoms with E-state index in [9.17, 15) is 13.4 Å². The SMILES string of the molecule is CS(=N)(=O)c1ccc(-c2ccc(CNC(=O)Cn3c(C4CCCC4)cc4cc(F)ccc43)nc2)cc1.